The molecule has 4 nitrogen and oxygen atoms in total. The first-order valence-corrected chi connectivity index (χ1v) is 5.39. The van der Waals surface area contributed by atoms with E-state index >= 15 is 0 Å². The lowest BCUT2D eigenvalue weighted by Crippen LogP contribution is -2.08. The topological polar surface area (TPSA) is 83.9 Å². The van der Waals surface area contributed by atoms with E-state index in [0.29, 0.717) is 9.75 Å². The summed E-state index contributed by atoms with van der Waals surface area (Å²) < 4.78 is 0. The number of ketones is 1. The summed E-state index contributed by atoms with van der Waals surface area (Å²) in [6.07, 6.45) is 0. The molecule has 1 amide bonds. The summed E-state index contributed by atoms with van der Waals surface area (Å²) in [6, 6.07) is 3.06. The fourth-order valence-corrected chi connectivity index (χ4v) is 2.03. The molecule has 0 aromatic carbocycles. The summed E-state index contributed by atoms with van der Waals surface area (Å²) in [5, 5.41) is 10.1. The molecule has 1 rings (SSSR count). The van der Waals surface area contributed by atoms with Gasteiger partial charge in [0.1, 0.15) is 5.40 Å². The molecule has 0 saturated carbocycles. The molecule has 72 valence electrons. The molecule has 2 N–H and O–H groups in total. The third kappa shape index (κ3) is 2.58. The van der Waals surface area contributed by atoms with Gasteiger partial charge in [-0.1, -0.05) is 0 Å². The van der Waals surface area contributed by atoms with Gasteiger partial charge in [-0.15, -0.1) is 11.3 Å². The van der Waals surface area contributed by atoms with Crippen molar-refractivity contribution in [2.75, 3.05) is 5.75 Å². The van der Waals surface area contributed by atoms with E-state index in [9.17, 15) is 9.59 Å². The van der Waals surface area contributed by atoms with Crippen LogP contribution in [0.2, 0.25) is 0 Å². The molecule has 0 atom stereocenters. The number of nitrogens with zero attached hydrogens (tertiary/aromatic N) is 1. The first-order valence-electron chi connectivity index (χ1n) is 3.59. The molecule has 0 spiro atoms. The van der Waals surface area contributed by atoms with Crippen molar-refractivity contribution in [1.29, 1.82) is 5.26 Å². The van der Waals surface area contributed by atoms with Crippen molar-refractivity contribution in [3.63, 3.8) is 0 Å². The van der Waals surface area contributed by atoms with Crippen molar-refractivity contribution in [3.8, 4) is 5.40 Å². The second-order valence-electron chi connectivity index (χ2n) is 2.33. The Morgan fingerprint density at radius 1 is 1.50 bits per heavy atom. The Bertz CT molecular complexity index is 406. The number of amides is 1. The molecule has 0 aliphatic rings. The largest absolute Gasteiger partial charge is 0.365 e. The van der Waals surface area contributed by atoms with Gasteiger partial charge in [0.05, 0.1) is 15.5 Å². The lowest BCUT2D eigenvalue weighted by molar-refractivity contribution is 0.100. The summed E-state index contributed by atoms with van der Waals surface area (Å²) in [6.45, 7) is 0. The molecule has 0 unspecified atom stereocenters. The molecule has 0 fully saturated rings. The van der Waals surface area contributed by atoms with Gasteiger partial charge < -0.3 is 5.73 Å². The van der Waals surface area contributed by atoms with Crippen LogP contribution in [0.5, 0.6) is 0 Å². The van der Waals surface area contributed by atoms with Crippen LogP contribution in [0.1, 0.15) is 19.3 Å². The molecule has 0 aliphatic heterocycles. The zero-order chi connectivity index (χ0) is 10.6. The van der Waals surface area contributed by atoms with Crippen LogP contribution in [0.4, 0.5) is 0 Å². The maximum absolute atomic E-state index is 11.3. The number of hydrogen-bond donors (Lipinski definition) is 1. The Morgan fingerprint density at radius 2 is 2.14 bits per heavy atom. The molecule has 0 aliphatic carbocycles. The van der Waals surface area contributed by atoms with Crippen LogP contribution in [0.15, 0.2) is 12.1 Å². The van der Waals surface area contributed by atoms with E-state index in [-0.39, 0.29) is 11.5 Å². The summed E-state index contributed by atoms with van der Waals surface area (Å²) in [4.78, 5) is 22.9. The van der Waals surface area contributed by atoms with E-state index in [1.807, 2.05) is 0 Å². The average Bonchev–Trinajstić information content (AvgIpc) is 2.62. The van der Waals surface area contributed by atoms with E-state index in [4.69, 9.17) is 11.0 Å². The lowest BCUT2D eigenvalue weighted by Gasteiger charge is -1.90. The number of thiophene rings is 1. The van der Waals surface area contributed by atoms with Crippen LogP contribution in [-0.2, 0) is 0 Å². The van der Waals surface area contributed by atoms with Gasteiger partial charge in [-0.3, -0.25) is 9.59 Å². The van der Waals surface area contributed by atoms with Crippen LogP contribution in [0.3, 0.4) is 0 Å². The van der Waals surface area contributed by atoms with Gasteiger partial charge >= 0.3 is 0 Å². The van der Waals surface area contributed by atoms with Crippen LogP contribution < -0.4 is 5.73 Å². The maximum atomic E-state index is 11.3. The zero-order valence-electron chi connectivity index (χ0n) is 7.02. The minimum absolute atomic E-state index is 0.106. The maximum Gasteiger partial charge on any atom is 0.258 e. The van der Waals surface area contributed by atoms with Gasteiger partial charge in [-0.05, 0) is 23.9 Å². The van der Waals surface area contributed by atoms with Crippen molar-refractivity contribution in [3.05, 3.63) is 21.9 Å². The monoisotopic (exact) mass is 226 g/mol. The minimum Gasteiger partial charge on any atom is -0.365 e. The number of thiocyanates is 1. The van der Waals surface area contributed by atoms with E-state index in [0.717, 1.165) is 23.1 Å². The molecular weight excluding hydrogens is 220 g/mol. The fraction of sp³-hybridized carbons (Fsp3) is 0.125. The minimum atomic E-state index is -0.540. The van der Waals surface area contributed by atoms with E-state index in [1.165, 1.54) is 6.07 Å². The smallest absolute Gasteiger partial charge is 0.258 e. The molecule has 0 radical (unpaired) electrons. The first kappa shape index (κ1) is 10.8. The second-order valence-corrected chi connectivity index (χ2v) is 4.17. The molecule has 1 aromatic rings. The van der Waals surface area contributed by atoms with Crippen molar-refractivity contribution in [1.82, 2.24) is 0 Å². The van der Waals surface area contributed by atoms with Crippen molar-refractivity contribution < 1.29 is 9.59 Å². The van der Waals surface area contributed by atoms with Gasteiger partial charge in [0.15, 0.2) is 5.78 Å². The number of nitriles is 1. The standard InChI is InChI=1S/C8H6N2O2S2/c9-4-13-3-5(11)6-1-2-7(14-6)8(10)12/h1-2H,3H2,(H2,10,12). The first-order chi connectivity index (χ1) is 6.65. The number of Topliss-reactive ketones (excluding diaryl/α,β-unsaturated/α-hetero) is 1. The van der Waals surface area contributed by atoms with Crippen molar-refractivity contribution in [2.24, 2.45) is 5.73 Å². The number of rotatable bonds is 4. The van der Waals surface area contributed by atoms with Crippen molar-refractivity contribution in [2.45, 2.75) is 0 Å². The van der Waals surface area contributed by atoms with Crippen LogP contribution in [0, 0.1) is 10.7 Å². The quantitative estimate of drug-likeness (QED) is 0.618. The van der Waals surface area contributed by atoms with Gasteiger partial charge in [-0.25, -0.2) is 0 Å². The number of thioether (sulfide) groups is 1. The van der Waals surface area contributed by atoms with Gasteiger partial charge in [0.2, 0.25) is 0 Å². The Kier molecular flexibility index (Phi) is 3.68. The van der Waals surface area contributed by atoms with E-state index in [2.05, 4.69) is 0 Å². The number of carbonyl (C=O) groups is 2. The van der Waals surface area contributed by atoms with Crippen LogP contribution in [0.25, 0.3) is 0 Å². The van der Waals surface area contributed by atoms with Gasteiger partial charge in [0.25, 0.3) is 5.91 Å². The average molecular weight is 226 g/mol. The second kappa shape index (κ2) is 4.79. The Labute approximate surface area is 88.7 Å². The van der Waals surface area contributed by atoms with Gasteiger partial charge in [-0.2, -0.15) is 5.26 Å². The summed E-state index contributed by atoms with van der Waals surface area (Å²) in [7, 11) is 0. The molecule has 0 saturated heterocycles. The highest BCUT2D eigenvalue weighted by Gasteiger charge is 2.11. The number of nitrogens with two attached hydrogens (primary N) is 1. The Balaban J connectivity index is 2.72. The SMILES string of the molecule is N#CSCC(=O)c1ccc(C(N)=O)s1. The molecule has 0 bridgehead atoms. The van der Waals surface area contributed by atoms with Crippen LogP contribution >= 0.6 is 23.1 Å². The van der Waals surface area contributed by atoms with Gasteiger partial charge in [0, 0.05) is 0 Å². The highest BCUT2D eigenvalue weighted by atomic mass is 32.2. The summed E-state index contributed by atoms with van der Waals surface area (Å²) in [5.74, 6) is -0.592. The third-order valence-corrected chi connectivity index (χ3v) is 3.07. The molecule has 14 heavy (non-hydrogen) atoms. The van der Waals surface area contributed by atoms with E-state index in [1.54, 1.807) is 11.5 Å². The number of hydrogen-bond acceptors (Lipinski definition) is 5. The lowest BCUT2D eigenvalue weighted by atomic mass is 10.3. The third-order valence-electron chi connectivity index (χ3n) is 1.39. The molecular formula is C8H6N2O2S2. The summed E-state index contributed by atoms with van der Waals surface area (Å²) >= 11 is 1.93. The summed E-state index contributed by atoms with van der Waals surface area (Å²) in [5.41, 5.74) is 5.03. The predicted molar refractivity (Wildman–Crippen MR) is 55.2 cm³/mol. The predicted octanol–water partition coefficient (Wildman–Crippen LogP) is 1.24. The highest BCUT2D eigenvalue weighted by molar-refractivity contribution is 8.04. The van der Waals surface area contributed by atoms with Crippen LogP contribution in [-0.4, -0.2) is 17.4 Å². The van der Waals surface area contributed by atoms with Crippen molar-refractivity contribution >= 4 is 34.8 Å². The molecule has 1 aromatic heterocycles. The zero-order valence-corrected chi connectivity index (χ0v) is 8.65. The Morgan fingerprint density at radius 3 is 2.64 bits per heavy atom. The van der Waals surface area contributed by atoms with E-state index < -0.39 is 5.91 Å². The number of primary amides is 1. The fourth-order valence-electron chi connectivity index (χ4n) is 0.789. The Hall–Kier alpha value is -1.32. The number of carbonyl (C=O) groups excluding carboxylic acids is 2. The molecule has 1 heterocycles. The highest BCUT2D eigenvalue weighted by Crippen LogP contribution is 2.17. The molecule has 6 heteroatoms. The normalized spacial score (nSPS) is 9.36.